The summed E-state index contributed by atoms with van der Waals surface area (Å²) < 4.78 is 13.1. The maximum absolute atomic E-state index is 13.3. The zero-order valence-electron chi connectivity index (χ0n) is 19.6. The summed E-state index contributed by atoms with van der Waals surface area (Å²) in [6.45, 7) is 3.27. The third-order valence-corrected chi connectivity index (χ3v) is 6.07. The second-order valence-electron chi connectivity index (χ2n) is 8.33. The number of unbranched alkanes of at least 4 members (excludes halogenated alkanes) is 3. The Balaban J connectivity index is 1.38. The van der Waals surface area contributed by atoms with Crippen LogP contribution in [0.1, 0.15) is 31.2 Å². The van der Waals surface area contributed by atoms with Gasteiger partial charge in [-0.25, -0.2) is 4.98 Å². The second-order valence-corrected chi connectivity index (χ2v) is 8.77. The lowest BCUT2D eigenvalue weighted by Crippen LogP contribution is -2.23. The molecule has 0 unspecified atom stereocenters. The molecule has 0 bridgehead atoms. The van der Waals surface area contributed by atoms with Gasteiger partial charge in [0.25, 0.3) is 5.56 Å². The molecule has 0 aliphatic rings. The molecule has 3 aromatic carbocycles. The van der Waals surface area contributed by atoms with Gasteiger partial charge in [-0.05, 0) is 73.9 Å². The van der Waals surface area contributed by atoms with E-state index in [1.54, 1.807) is 11.7 Å². The molecule has 4 rings (SSSR count). The second kappa shape index (κ2) is 11.2. The molecule has 0 saturated heterocycles. The first kappa shape index (κ1) is 23.8. The number of benzene rings is 3. The Labute approximate surface area is 204 Å². The molecule has 0 fully saturated rings. The van der Waals surface area contributed by atoms with Crippen molar-refractivity contribution >= 4 is 22.5 Å². The smallest absolute Gasteiger partial charge is 0.261 e. The van der Waals surface area contributed by atoms with Crippen molar-refractivity contribution in [3.8, 4) is 22.9 Å². The highest BCUT2D eigenvalue weighted by atomic mass is 35.5. The molecule has 0 saturated carbocycles. The number of aryl methyl sites for hydroxylation is 1. The third kappa shape index (κ3) is 5.60. The highest BCUT2D eigenvalue weighted by molar-refractivity contribution is 6.30. The summed E-state index contributed by atoms with van der Waals surface area (Å²) >= 11 is 6.07. The lowest BCUT2D eigenvalue weighted by molar-refractivity contribution is 0.284. The van der Waals surface area contributed by atoms with E-state index >= 15 is 0 Å². The van der Waals surface area contributed by atoms with Crippen molar-refractivity contribution in [2.75, 3.05) is 13.7 Å². The highest BCUT2D eigenvalue weighted by Crippen LogP contribution is 2.28. The summed E-state index contributed by atoms with van der Waals surface area (Å²) in [6.07, 6.45) is 3.83. The minimum atomic E-state index is -0.00894. The molecule has 176 valence electrons. The zero-order valence-corrected chi connectivity index (χ0v) is 20.3. The Kier molecular flexibility index (Phi) is 7.86. The molecule has 34 heavy (non-hydrogen) atoms. The maximum Gasteiger partial charge on any atom is 0.261 e. The Morgan fingerprint density at radius 1 is 0.912 bits per heavy atom. The van der Waals surface area contributed by atoms with E-state index in [1.807, 2.05) is 73.7 Å². The van der Waals surface area contributed by atoms with Crippen LogP contribution >= 0.6 is 11.6 Å². The molecule has 0 aliphatic heterocycles. The standard InChI is InChI=1S/C28H29ClN2O3/c1-20-11-16-25(26(19-20)33-2)34-18-8-4-3-7-17-31-27(21-12-14-22(29)15-13-21)30-24-10-6-5-9-23(24)28(31)32/h5-6,9-16,19H,3-4,7-8,17-18H2,1-2H3. The fourth-order valence-electron chi connectivity index (χ4n) is 4.00. The molecule has 1 heterocycles. The van der Waals surface area contributed by atoms with E-state index in [-0.39, 0.29) is 5.56 Å². The number of rotatable bonds is 10. The van der Waals surface area contributed by atoms with Gasteiger partial charge in [0.2, 0.25) is 0 Å². The van der Waals surface area contributed by atoms with Crippen LogP contribution in [-0.4, -0.2) is 23.3 Å². The summed E-state index contributed by atoms with van der Waals surface area (Å²) in [6, 6.07) is 20.9. The lowest BCUT2D eigenvalue weighted by atomic mass is 10.1. The van der Waals surface area contributed by atoms with Crippen molar-refractivity contribution in [3.05, 3.63) is 87.7 Å². The molecule has 0 aliphatic carbocycles. The maximum atomic E-state index is 13.3. The molecule has 0 N–H and O–H groups in total. The molecule has 0 spiro atoms. The summed E-state index contributed by atoms with van der Waals surface area (Å²) in [4.78, 5) is 18.1. The topological polar surface area (TPSA) is 53.4 Å². The van der Waals surface area contributed by atoms with E-state index in [9.17, 15) is 4.79 Å². The normalized spacial score (nSPS) is 11.0. The summed E-state index contributed by atoms with van der Waals surface area (Å²) in [7, 11) is 1.66. The molecule has 4 aromatic rings. The number of ether oxygens (including phenoxy) is 2. The van der Waals surface area contributed by atoms with E-state index in [1.165, 1.54) is 0 Å². The quantitative estimate of drug-likeness (QED) is 0.240. The van der Waals surface area contributed by atoms with Crippen LogP contribution in [0, 0.1) is 6.92 Å². The van der Waals surface area contributed by atoms with Crippen molar-refractivity contribution in [2.24, 2.45) is 0 Å². The average molecular weight is 477 g/mol. The predicted octanol–water partition coefficient (Wildman–Crippen LogP) is 6.67. The fraction of sp³-hybridized carbons (Fsp3) is 0.286. The van der Waals surface area contributed by atoms with Crippen LogP contribution < -0.4 is 15.0 Å². The summed E-state index contributed by atoms with van der Waals surface area (Å²) in [5, 5.41) is 1.30. The van der Waals surface area contributed by atoms with Crippen LogP contribution in [-0.2, 0) is 6.54 Å². The fourth-order valence-corrected chi connectivity index (χ4v) is 4.12. The molecule has 6 heteroatoms. The first-order chi connectivity index (χ1) is 16.6. The number of aromatic nitrogens is 2. The minimum Gasteiger partial charge on any atom is -0.493 e. The Hall–Kier alpha value is -3.31. The number of hydrogen-bond acceptors (Lipinski definition) is 4. The molecule has 5 nitrogen and oxygen atoms in total. The van der Waals surface area contributed by atoms with Gasteiger partial charge < -0.3 is 9.47 Å². The third-order valence-electron chi connectivity index (χ3n) is 5.82. The van der Waals surface area contributed by atoms with Crippen LogP contribution in [0.15, 0.2) is 71.5 Å². The average Bonchev–Trinajstić information content (AvgIpc) is 2.85. The van der Waals surface area contributed by atoms with Gasteiger partial charge in [0.15, 0.2) is 11.5 Å². The molecule has 0 amide bonds. The number of hydrogen-bond donors (Lipinski definition) is 0. The van der Waals surface area contributed by atoms with Crippen LogP contribution in [0.5, 0.6) is 11.5 Å². The Morgan fingerprint density at radius 3 is 2.47 bits per heavy atom. The molecular weight excluding hydrogens is 448 g/mol. The molecule has 0 radical (unpaired) electrons. The number of methoxy groups -OCH3 is 1. The van der Waals surface area contributed by atoms with E-state index in [0.29, 0.717) is 34.9 Å². The van der Waals surface area contributed by atoms with Gasteiger partial charge in [-0.15, -0.1) is 0 Å². The molecular formula is C28H29ClN2O3. The van der Waals surface area contributed by atoms with Crippen molar-refractivity contribution in [3.63, 3.8) is 0 Å². The lowest BCUT2D eigenvalue weighted by Gasteiger charge is -2.14. The number of fused-ring (bicyclic) bond motifs is 1. The summed E-state index contributed by atoms with van der Waals surface area (Å²) in [5.74, 6) is 2.21. The zero-order chi connectivity index (χ0) is 23.9. The van der Waals surface area contributed by atoms with E-state index in [4.69, 9.17) is 26.1 Å². The Bertz CT molecular complexity index is 1320. The minimum absolute atomic E-state index is 0.00894. The predicted molar refractivity (Wildman–Crippen MR) is 138 cm³/mol. The van der Waals surface area contributed by atoms with Crippen LogP contribution in [0.4, 0.5) is 0 Å². The van der Waals surface area contributed by atoms with Gasteiger partial charge in [0.05, 0.1) is 24.6 Å². The monoisotopic (exact) mass is 476 g/mol. The van der Waals surface area contributed by atoms with Crippen molar-refractivity contribution in [2.45, 2.75) is 39.2 Å². The van der Waals surface area contributed by atoms with Crippen LogP contribution in [0.3, 0.4) is 0 Å². The first-order valence-corrected chi connectivity index (χ1v) is 12.0. The van der Waals surface area contributed by atoms with Gasteiger partial charge in [-0.1, -0.05) is 42.6 Å². The van der Waals surface area contributed by atoms with Gasteiger partial charge >= 0.3 is 0 Å². The largest absolute Gasteiger partial charge is 0.493 e. The highest BCUT2D eigenvalue weighted by Gasteiger charge is 2.12. The number of para-hydroxylation sites is 1. The molecule has 0 atom stereocenters. The Morgan fingerprint density at radius 2 is 1.68 bits per heavy atom. The van der Waals surface area contributed by atoms with Crippen molar-refractivity contribution in [1.82, 2.24) is 9.55 Å². The van der Waals surface area contributed by atoms with E-state index in [0.717, 1.165) is 48.3 Å². The van der Waals surface area contributed by atoms with Crippen LogP contribution in [0.2, 0.25) is 5.02 Å². The van der Waals surface area contributed by atoms with Gasteiger partial charge in [-0.3, -0.25) is 9.36 Å². The number of halogens is 1. The van der Waals surface area contributed by atoms with Crippen molar-refractivity contribution in [1.29, 1.82) is 0 Å². The van der Waals surface area contributed by atoms with E-state index in [2.05, 4.69) is 0 Å². The SMILES string of the molecule is COc1cc(C)ccc1OCCCCCCn1c(-c2ccc(Cl)cc2)nc2ccccc2c1=O. The van der Waals surface area contributed by atoms with Gasteiger partial charge in [-0.2, -0.15) is 0 Å². The first-order valence-electron chi connectivity index (χ1n) is 11.6. The van der Waals surface area contributed by atoms with Gasteiger partial charge in [0.1, 0.15) is 5.82 Å². The molecule has 1 aromatic heterocycles. The van der Waals surface area contributed by atoms with E-state index < -0.39 is 0 Å². The van der Waals surface area contributed by atoms with Crippen LogP contribution in [0.25, 0.3) is 22.3 Å². The van der Waals surface area contributed by atoms with Gasteiger partial charge in [0, 0.05) is 17.1 Å². The summed E-state index contributed by atoms with van der Waals surface area (Å²) in [5.41, 5.74) is 2.72. The number of nitrogens with zero attached hydrogens (tertiary/aromatic N) is 2. The van der Waals surface area contributed by atoms with Crippen molar-refractivity contribution < 1.29 is 9.47 Å².